The van der Waals surface area contributed by atoms with Crippen molar-refractivity contribution in [3.05, 3.63) is 146 Å². The maximum absolute atomic E-state index is 13.0. The van der Waals surface area contributed by atoms with Crippen LogP contribution in [0.1, 0.15) is 213 Å². The van der Waals surface area contributed by atoms with Crippen molar-refractivity contribution in [2.45, 2.75) is 225 Å². The van der Waals surface area contributed by atoms with Gasteiger partial charge in [-0.3, -0.25) is 9.36 Å². The third-order valence-corrected chi connectivity index (χ3v) is 13.3. The number of unbranched alkanes of at least 4 members (excludes halogenated alkanes) is 15. The minimum absolute atomic E-state index is 0.00418. The Morgan fingerprint density at radius 1 is 0.480 bits per heavy atom. The third-order valence-electron chi connectivity index (χ3n) is 12.3. The van der Waals surface area contributed by atoms with Crippen LogP contribution in [0, 0.1) is 0 Å². The molecule has 0 aromatic carbocycles. The van der Waals surface area contributed by atoms with Crippen LogP contribution in [-0.4, -0.2) is 68.5 Å². The predicted octanol–water partition coefficient (Wildman–Crippen LogP) is 17.8. The van der Waals surface area contributed by atoms with E-state index in [0.717, 1.165) is 109 Å². The number of carbonyl (C=O) groups excluding carboxylic acids is 1. The lowest BCUT2D eigenvalue weighted by molar-refractivity contribution is -0.870. The van der Waals surface area contributed by atoms with Gasteiger partial charge in [0.25, 0.3) is 7.82 Å². The summed E-state index contributed by atoms with van der Waals surface area (Å²) in [5.74, 6) is -0.213. The number of carbonyl (C=O) groups is 1. The van der Waals surface area contributed by atoms with Crippen LogP contribution in [0.15, 0.2) is 146 Å². The molecule has 8 nitrogen and oxygen atoms in total. The summed E-state index contributed by atoms with van der Waals surface area (Å²) in [4.78, 5) is 25.5. The Labute approximate surface area is 461 Å². The zero-order valence-electron chi connectivity index (χ0n) is 48.4. The number of amides is 1. The molecule has 2 N–H and O–H groups in total. The Balaban J connectivity index is 4.23. The molecule has 0 saturated carbocycles. The molecule has 75 heavy (non-hydrogen) atoms. The van der Waals surface area contributed by atoms with Crippen LogP contribution >= 0.6 is 7.82 Å². The summed E-state index contributed by atoms with van der Waals surface area (Å²) >= 11 is 0. The van der Waals surface area contributed by atoms with Crippen LogP contribution in [0.2, 0.25) is 0 Å². The lowest BCUT2D eigenvalue weighted by Gasteiger charge is -2.30. The van der Waals surface area contributed by atoms with Crippen molar-refractivity contribution >= 4 is 13.7 Å². The third kappa shape index (κ3) is 57.9. The van der Waals surface area contributed by atoms with Gasteiger partial charge in [-0.05, 0) is 103 Å². The maximum atomic E-state index is 13.0. The molecular formula is C66H111N2O6P. The molecule has 1 amide bonds. The second-order valence-electron chi connectivity index (χ2n) is 20.6. The van der Waals surface area contributed by atoms with E-state index in [1.807, 2.05) is 21.1 Å². The zero-order valence-corrected chi connectivity index (χ0v) is 49.3. The fraction of sp³-hybridized carbons (Fsp3) is 0.621. The average molecular weight is 1060 g/mol. The number of allylic oxidation sites excluding steroid dienone is 24. The Hall–Kier alpha value is -3.62. The molecule has 3 atom stereocenters. The van der Waals surface area contributed by atoms with Crippen molar-refractivity contribution < 1.29 is 32.9 Å². The van der Waals surface area contributed by atoms with Gasteiger partial charge in [0.15, 0.2) is 0 Å². The van der Waals surface area contributed by atoms with Crippen molar-refractivity contribution in [1.29, 1.82) is 0 Å². The Bertz CT molecular complexity index is 1720. The molecule has 0 aliphatic carbocycles. The number of likely N-dealkylation sites (N-methyl/N-ethyl adjacent to an activating group) is 1. The van der Waals surface area contributed by atoms with E-state index in [-0.39, 0.29) is 19.1 Å². The zero-order chi connectivity index (χ0) is 54.9. The molecule has 3 unspecified atom stereocenters. The molecule has 426 valence electrons. The van der Waals surface area contributed by atoms with Gasteiger partial charge in [-0.1, -0.05) is 250 Å². The molecule has 0 bridgehead atoms. The first-order valence-corrected chi connectivity index (χ1v) is 31.1. The van der Waals surface area contributed by atoms with E-state index in [1.165, 1.54) is 70.6 Å². The number of quaternary nitrogens is 1. The first-order chi connectivity index (χ1) is 36.5. The highest BCUT2D eigenvalue weighted by atomic mass is 31.2. The van der Waals surface area contributed by atoms with Crippen molar-refractivity contribution in [2.24, 2.45) is 0 Å². The van der Waals surface area contributed by atoms with E-state index < -0.39 is 20.0 Å². The number of hydrogen-bond donors (Lipinski definition) is 2. The standard InChI is InChI=1S/C66H111N2O6P/c1-6-8-10-12-14-16-18-20-22-23-24-25-26-27-28-29-30-31-32-33-34-35-36-37-38-39-40-41-42-43-44-45-46-48-50-52-54-56-58-60-66(70)67-64(63-74-75(71,72)73-62-61-68(3,4)5)65(69)59-57-55-53-51-49-47-21-19-17-15-13-11-9-7-2/h8,10,14,16,20,22,24-25,27-28,30-31,33-34,36-37,39-40,42-43,45-46,50,52,64-65,69H,6-7,9,11-13,15,17-19,21,23,26,29,32,35,38,41,44,47-49,51,53-63H2,1-5H3,(H-,67,70,71,72)/b10-8-,16-14-,22-20-,25-24-,28-27-,31-30-,34-33-,37-36-,40-39-,43-42-,46-45-,52-50-. The summed E-state index contributed by atoms with van der Waals surface area (Å²) in [5.41, 5.74) is 0. The van der Waals surface area contributed by atoms with Gasteiger partial charge in [0.1, 0.15) is 13.2 Å². The Morgan fingerprint density at radius 3 is 1.16 bits per heavy atom. The summed E-state index contributed by atoms with van der Waals surface area (Å²) in [6, 6.07) is -0.834. The molecule has 0 rings (SSSR count). The molecule has 0 aliphatic heterocycles. The molecule has 0 fully saturated rings. The summed E-state index contributed by atoms with van der Waals surface area (Å²) in [7, 11) is 1.25. The Kier molecular flexibility index (Phi) is 52.5. The molecule has 0 aliphatic rings. The number of phosphoric ester groups is 1. The van der Waals surface area contributed by atoms with Gasteiger partial charge in [-0.2, -0.15) is 0 Å². The van der Waals surface area contributed by atoms with E-state index in [2.05, 4.69) is 165 Å². The van der Waals surface area contributed by atoms with Gasteiger partial charge in [-0.25, -0.2) is 0 Å². The van der Waals surface area contributed by atoms with Crippen molar-refractivity contribution in [3.8, 4) is 0 Å². The van der Waals surface area contributed by atoms with E-state index >= 15 is 0 Å². The van der Waals surface area contributed by atoms with Crippen LogP contribution in [0.4, 0.5) is 0 Å². The Morgan fingerprint density at radius 2 is 0.813 bits per heavy atom. The monoisotopic (exact) mass is 1060 g/mol. The van der Waals surface area contributed by atoms with Gasteiger partial charge < -0.3 is 28.8 Å². The fourth-order valence-electron chi connectivity index (χ4n) is 7.73. The van der Waals surface area contributed by atoms with Crippen LogP contribution in [0.25, 0.3) is 0 Å². The highest BCUT2D eigenvalue weighted by Gasteiger charge is 2.24. The molecule has 0 aromatic rings. The van der Waals surface area contributed by atoms with Gasteiger partial charge in [0.05, 0.1) is 39.9 Å². The van der Waals surface area contributed by atoms with Crippen molar-refractivity contribution in [3.63, 3.8) is 0 Å². The fourth-order valence-corrected chi connectivity index (χ4v) is 8.45. The van der Waals surface area contributed by atoms with Gasteiger partial charge in [0.2, 0.25) is 5.91 Å². The quantitative estimate of drug-likeness (QED) is 0.0272. The van der Waals surface area contributed by atoms with Crippen LogP contribution in [-0.2, 0) is 18.4 Å². The lowest BCUT2D eigenvalue weighted by atomic mass is 10.0. The first-order valence-electron chi connectivity index (χ1n) is 29.7. The molecule has 0 aromatic heterocycles. The molecule has 0 spiro atoms. The summed E-state index contributed by atoms with van der Waals surface area (Å²) in [6.45, 7) is 4.55. The van der Waals surface area contributed by atoms with E-state index in [1.54, 1.807) is 0 Å². The van der Waals surface area contributed by atoms with Crippen LogP contribution < -0.4 is 10.2 Å². The van der Waals surface area contributed by atoms with E-state index in [4.69, 9.17) is 9.05 Å². The molecule has 0 radical (unpaired) electrons. The number of aliphatic hydroxyl groups excluding tert-OH is 1. The molecular weight excluding hydrogens is 948 g/mol. The summed E-state index contributed by atoms with van der Waals surface area (Å²) in [5, 5.41) is 13.9. The molecule has 0 heterocycles. The smallest absolute Gasteiger partial charge is 0.268 e. The first kappa shape index (κ1) is 71.4. The van der Waals surface area contributed by atoms with E-state index in [0.29, 0.717) is 30.3 Å². The summed E-state index contributed by atoms with van der Waals surface area (Å²) in [6.07, 6.45) is 84.6. The number of phosphoric acid groups is 1. The molecule has 9 heteroatoms. The van der Waals surface area contributed by atoms with Crippen LogP contribution in [0.3, 0.4) is 0 Å². The minimum Gasteiger partial charge on any atom is -0.756 e. The highest BCUT2D eigenvalue weighted by molar-refractivity contribution is 7.45. The van der Waals surface area contributed by atoms with Crippen molar-refractivity contribution in [2.75, 3.05) is 40.9 Å². The second kappa shape index (κ2) is 55.1. The summed E-state index contributed by atoms with van der Waals surface area (Å²) < 4.78 is 23.3. The number of aliphatic hydroxyl groups is 1. The van der Waals surface area contributed by atoms with Gasteiger partial charge in [-0.15, -0.1) is 0 Å². The SMILES string of the molecule is CC/C=C\C/C=C\C/C=C\C/C=C\C/C=C\C/C=C\C/C=C\C/C=C\C/C=C\C/C=C\C/C=C\C/C=C\CCCCC(=O)NC(COP(=O)([O-])OCC[N+](C)(C)C)C(O)CCCCCCCCCCCCCCCC. The number of hydrogen-bond acceptors (Lipinski definition) is 6. The minimum atomic E-state index is -4.59. The van der Waals surface area contributed by atoms with Gasteiger partial charge >= 0.3 is 0 Å². The topological polar surface area (TPSA) is 108 Å². The number of rotatable bonds is 52. The second-order valence-corrected chi connectivity index (χ2v) is 22.0. The average Bonchev–Trinajstić information content (AvgIpc) is 3.37. The molecule has 0 saturated heterocycles. The number of nitrogens with one attached hydrogen (secondary N) is 1. The highest BCUT2D eigenvalue weighted by Crippen LogP contribution is 2.38. The van der Waals surface area contributed by atoms with Crippen LogP contribution in [0.5, 0.6) is 0 Å². The largest absolute Gasteiger partial charge is 0.756 e. The van der Waals surface area contributed by atoms with Gasteiger partial charge in [0, 0.05) is 6.42 Å². The normalized spacial score (nSPS) is 14.9. The number of nitrogens with zero attached hydrogens (tertiary/aromatic N) is 1. The van der Waals surface area contributed by atoms with Crippen molar-refractivity contribution in [1.82, 2.24) is 5.32 Å². The van der Waals surface area contributed by atoms with E-state index in [9.17, 15) is 19.4 Å². The maximum Gasteiger partial charge on any atom is 0.268 e. The lowest BCUT2D eigenvalue weighted by Crippen LogP contribution is -2.46. The predicted molar refractivity (Wildman–Crippen MR) is 325 cm³/mol.